The Bertz CT molecular complexity index is 891. The number of carbonyl (C=O) groups is 2. The number of anilines is 1. The van der Waals surface area contributed by atoms with Gasteiger partial charge in [-0.25, -0.2) is 9.37 Å². The van der Waals surface area contributed by atoms with Crippen molar-refractivity contribution < 1.29 is 18.7 Å². The number of para-hydroxylation sites is 1. The molecule has 0 atom stereocenters. The molecule has 27 heavy (non-hydrogen) atoms. The van der Waals surface area contributed by atoms with Crippen molar-refractivity contribution in [3.8, 4) is 0 Å². The van der Waals surface area contributed by atoms with Crippen molar-refractivity contribution in [3.05, 3.63) is 59.4 Å². The second kappa shape index (κ2) is 9.23. The number of esters is 1. The van der Waals surface area contributed by atoms with E-state index in [9.17, 15) is 14.0 Å². The molecule has 0 spiro atoms. The zero-order valence-corrected chi connectivity index (χ0v) is 15.4. The lowest BCUT2D eigenvalue weighted by atomic mass is 10.2. The van der Waals surface area contributed by atoms with Gasteiger partial charge in [0.15, 0.2) is 6.61 Å². The minimum absolute atomic E-state index is 0.259. The van der Waals surface area contributed by atoms with E-state index in [4.69, 9.17) is 4.74 Å². The summed E-state index contributed by atoms with van der Waals surface area (Å²) in [4.78, 5) is 28.0. The number of amides is 1. The minimum atomic E-state index is -0.454. The maximum Gasteiger partial charge on any atom is 0.306 e. The maximum atomic E-state index is 12.8. The van der Waals surface area contributed by atoms with Crippen LogP contribution in [0.1, 0.15) is 24.3 Å². The first-order chi connectivity index (χ1) is 13.1. The molecule has 0 aliphatic carbocycles. The summed E-state index contributed by atoms with van der Waals surface area (Å²) < 4.78 is 18.9. The van der Waals surface area contributed by atoms with Gasteiger partial charge in [0.05, 0.1) is 15.2 Å². The molecule has 7 heteroatoms. The van der Waals surface area contributed by atoms with Gasteiger partial charge in [-0.3, -0.25) is 9.59 Å². The molecule has 1 amide bonds. The van der Waals surface area contributed by atoms with Crippen molar-refractivity contribution in [2.45, 2.75) is 25.7 Å². The number of aromatic nitrogens is 1. The largest absolute Gasteiger partial charge is 0.456 e. The van der Waals surface area contributed by atoms with Gasteiger partial charge in [0.2, 0.25) is 0 Å². The van der Waals surface area contributed by atoms with Gasteiger partial charge < -0.3 is 10.1 Å². The third kappa shape index (κ3) is 5.86. The number of benzene rings is 2. The quantitative estimate of drug-likeness (QED) is 0.462. The van der Waals surface area contributed by atoms with E-state index in [-0.39, 0.29) is 18.8 Å². The number of carbonyl (C=O) groups excluding carboxylic acids is 2. The molecule has 2 aromatic carbocycles. The number of rotatable bonds is 8. The fourth-order valence-electron chi connectivity index (χ4n) is 2.52. The van der Waals surface area contributed by atoms with Crippen LogP contribution in [-0.4, -0.2) is 23.5 Å². The van der Waals surface area contributed by atoms with Crippen molar-refractivity contribution in [2.75, 3.05) is 11.9 Å². The topological polar surface area (TPSA) is 68.3 Å². The fraction of sp³-hybridized carbons (Fsp3) is 0.250. The lowest BCUT2D eigenvalue weighted by molar-refractivity contribution is -0.147. The first-order valence-electron chi connectivity index (χ1n) is 8.65. The van der Waals surface area contributed by atoms with Crippen LogP contribution in [0.25, 0.3) is 10.2 Å². The van der Waals surface area contributed by atoms with Crippen LogP contribution in [0.2, 0.25) is 0 Å². The molecule has 0 saturated heterocycles. The van der Waals surface area contributed by atoms with Gasteiger partial charge in [-0.1, -0.05) is 12.1 Å². The number of thiazole rings is 1. The predicted molar refractivity (Wildman–Crippen MR) is 103 cm³/mol. The number of nitrogens with zero attached hydrogens (tertiary/aromatic N) is 1. The Hall–Kier alpha value is -2.80. The highest BCUT2D eigenvalue weighted by atomic mass is 32.1. The minimum Gasteiger partial charge on any atom is -0.456 e. The Balaban J connectivity index is 1.32. The van der Waals surface area contributed by atoms with E-state index in [1.165, 1.54) is 29.0 Å². The van der Waals surface area contributed by atoms with Crippen LogP contribution in [0.3, 0.4) is 0 Å². The molecule has 140 valence electrons. The van der Waals surface area contributed by atoms with E-state index in [1.807, 2.05) is 24.3 Å². The SMILES string of the molecule is O=C(COC(=O)CCCCc1nc2ccccc2s1)Nc1ccc(F)cc1. The highest BCUT2D eigenvalue weighted by Gasteiger charge is 2.09. The third-order valence-electron chi connectivity index (χ3n) is 3.85. The van der Waals surface area contributed by atoms with E-state index < -0.39 is 11.9 Å². The van der Waals surface area contributed by atoms with Crippen molar-refractivity contribution in [3.63, 3.8) is 0 Å². The summed E-state index contributed by atoms with van der Waals surface area (Å²) in [5, 5.41) is 3.59. The molecule has 0 radical (unpaired) electrons. The van der Waals surface area contributed by atoms with E-state index in [0.717, 1.165) is 23.4 Å². The van der Waals surface area contributed by atoms with Crippen LogP contribution in [-0.2, 0) is 20.7 Å². The van der Waals surface area contributed by atoms with Crippen molar-refractivity contribution in [2.24, 2.45) is 0 Å². The van der Waals surface area contributed by atoms with E-state index in [2.05, 4.69) is 10.3 Å². The first kappa shape index (κ1) is 19.0. The van der Waals surface area contributed by atoms with Gasteiger partial charge in [-0.2, -0.15) is 0 Å². The number of hydrogen-bond acceptors (Lipinski definition) is 5. The first-order valence-corrected chi connectivity index (χ1v) is 9.47. The number of hydrogen-bond donors (Lipinski definition) is 1. The molecule has 3 aromatic rings. The Kier molecular flexibility index (Phi) is 6.49. The lowest BCUT2D eigenvalue weighted by Gasteiger charge is -2.06. The summed E-state index contributed by atoms with van der Waals surface area (Å²) in [6.07, 6.45) is 2.58. The van der Waals surface area contributed by atoms with Crippen molar-refractivity contribution in [1.29, 1.82) is 0 Å². The molecule has 0 aliphatic rings. The zero-order chi connectivity index (χ0) is 19.1. The predicted octanol–water partition coefficient (Wildman–Crippen LogP) is 4.33. The lowest BCUT2D eigenvalue weighted by Crippen LogP contribution is -2.20. The second-order valence-corrected chi connectivity index (χ2v) is 7.11. The van der Waals surface area contributed by atoms with Gasteiger partial charge in [-0.05, 0) is 55.7 Å². The summed E-state index contributed by atoms with van der Waals surface area (Å²) in [5.74, 6) is -1.25. The molecule has 0 unspecified atom stereocenters. The van der Waals surface area contributed by atoms with Gasteiger partial charge in [0.1, 0.15) is 5.82 Å². The molecule has 0 fully saturated rings. The van der Waals surface area contributed by atoms with Crippen LogP contribution in [0, 0.1) is 5.82 Å². The molecular weight excluding hydrogens is 367 g/mol. The number of unbranched alkanes of at least 4 members (excludes halogenated alkanes) is 1. The van der Waals surface area contributed by atoms with Gasteiger partial charge in [0, 0.05) is 12.1 Å². The molecule has 0 bridgehead atoms. The van der Waals surface area contributed by atoms with E-state index in [1.54, 1.807) is 11.3 Å². The van der Waals surface area contributed by atoms with Gasteiger partial charge in [-0.15, -0.1) is 11.3 Å². The molecular formula is C20H19FN2O3S. The van der Waals surface area contributed by atoms with Crippen molar-refractivity contribution >= 4 is 39.1 Å². The zero-order valence-electron chi connectivity index (χ0n) is 14.6. The normalized spacial score (nSPS) is 10.7. The summed E-state index contributed by atoms with van der Waals surface area (Å²) in [6, 6.07) is 13.4. The highest BCUT2D eigenvalue weighted by molar-refractivity contribution is 7.18. The van der Waals surface area contributed by atoms with Crippen LogP contribution in [0.15, 0.2) is 48.5 Å². The van der Waals surface area contributed by atoms with Crippen LogP contribution in [0.4, 0.5) is 10.1 Å². The number of halogens is 1. The Morgan fingerprint density at radius 1 is 1.07 bits per heavy atom. The van der Waals surface area contributed by atoms with Crippen LogP contribution >= 0.6 is 11.3 Å². The molecule has 3 rings (SSSR count). The summed E-state index contributed by atoms with van der Waals surface area (Å²) >= 11 is 1.67. The average molecular weight is 386 g/mol. The highest BCUT2D eigenvalue weighted by Crippen LogP contribution is 2.22. The molecule has 0 aliphatic heterocycles. The standard InChI is InChI=1S/C20H19FN2O3S/c21-14-9-11-15(12-10-14)22-18(24)13-26-20(25)8-4-3-7-19-23-16-5-1-2-6-17(16)27-19/h1-2,5-6,9-12H,3-4,7-8,13H2,(H,22,24). The van der Waals surface area contributed by atoms with Gasteiger partial charge >= 0.3 is 5.97 Å². The summed E-state index contributed by atoms with van der Waals surface area (Å²) in [7, 11) is 0. The van der Waals surface area contributed by atoms with E-state index >= 15 is 0 Å². The summed E-state index contributed by atoms with van der Waals surface area (Å²) in [5.41, 5.74) is 1.46. The second-order valence-electron chi connectivity index (χ2n) is 6.00. The van der Waals surface area contributed by atoms with Crippen LogP contribution < -0.4 is 5.32 Å². The average Bonchev–Trinajstić information content (AvgIpc) is 3.08. The number of nitrogens with one attached hydrogen (secondary N) is 1. The molecule has 1 heterocycles. The van der Waals surface area contributed by atoms with Crippen molar-refractivity contribution in [1.82, 2.24) is 4.98 Å². The summed E-state index contributed by atoms with van der Waals surface area (Å²) in [6.45, 7) is -0.353. The Morgan fingerprint density at radius 2 is 1.85 bits per heavy atom. The maximum absolute atomic E-state index is 12.8. The third-order valence-corrected chi connectivity index (χ3v) is 4.95. The number of ether oxygens (including phenoxy) is 1. The van der Waals surface area contributed by atoms with Crippen LogP contribution in [0.5, 0.6) is 0 Å². The molecule has 5 nitrogen and oxygen atoms in total. The number of aryl methyl sites for hydroxylation is 1. The molecule has 0 saturated carbocycles. The number of fused-ring (bicyclic) bond motifs is 1. The molecule has 1 aromatic heterocycles. The van der Waals surface area contributed by atoms with E-state index in [0.29, 0.717) is 12.1 Å². The Morgan fingerprint density at radius 3 is 2.63 bits per heavy atom. The van der Waals surface area contributed by atoms with Gasteiger partial charge in [0.25, 0.3) is 5.91 Å². The fourth-order valence-corrected chi connectivity index (χ4v) is 3.53. The molecule has 1 N–H and O–H groups in total. The smallest absolute Gasteiger partial charge is 0.306 e. The Labute approximate surface area is 160 Å². The monoisotopic (exact) mass is 386 g/mol.